The third-order valence-electron chi connectivity index (χ3n) is 5.57. The van der Waals surface area contributed by atoms with E-state index in [-0.39, 0.29) is 30.1 Å². The lowest BCUT2D eigenvalue weighted by Crippen LogP contribution is -2.46. The number of aliphatic hydroxyl groups excluding tert-OH is 1. The van der Waals surface area contributed by atoms with Crippen molar-refractivity contribution in [3.05, 3.63) is 24.2 Å². The second-order valence-electron chi connectivity index (χ2n) is 7.73. The van der Waals surface area contributed by atoms with Crippen LogP contribution in [0.1, 0.15) is 70.7 Å². The van der Waals surface area contributed by atoms with Crippen molar-refractivity contribution >= 4 is 5.91 Å². The van der Waals surface area contributed by atoms with Crippen LogP contribution in [0.15, 0.2) is 22.8 Å². The summed E-state index contributed by atoms with van der Waals surface area (Å²) in [6.07, 6.45) is 7.62. The minimum atomic E-state index is -0.652. The molecule has 2 aliphatic rings. The van der Waals surface area contributed by atoms with Gasteiger partial charge in [-0.2, -0.15) is 0 Å². The Morgan fingerprint density at radius 3 is 2.72 bits per heavy atom. The fourth-order valence-electron chi connectivity index (χ4n) is 4.41. The summed E-state index contributed by atoms with van der Waals surface area (Å²) in [6.45, 7) is 4.90. The molecule has 5 heteroatoms. The van der Waals surface area contributed by atoms with Crippen molar-refractivity contribution < 1.29 is 19.1 Å². The zero-order valence-corrected chi connectivity index (χ0v) is 15.4. The second-order valence-corrected chi connectivity index (χ2v) is 7.73. The van der Waals surface area contributed by atoms with Gasteiger partial charge < -0.3 is 19.2 Å². The monoisotopic (exact) mass is 349 g/mol. The Labute approximate surface area is 150 Å². The van der Waals surface area contributed by atoms with E-state index in [1.165, 1.54) is 0 Å². The van der Waals surface area contributed by atoms with Crippen LogP contribution in [0.4, 0.5) is 0 Å². The quantitative estimate of drug-likeness (QED) is 0.901. The van der Waals surface area contributed by atoms with Gasteiger partial charge in [0.05, 0.1) is 18.5 Å². The maximum Gasteiger partial charge on any atom is 0.226 e. The molecular weight excluding hydrogens is 318 g/mol. The molecule has 1 aromatic heterocycles. The first-order valence-corrected chi connectivity index (χ1v) is 9.72. The summed E-state index contributed by atoms with van der Waals surface area (Å²) in [4.78, 5) is 15.3. The zero-order chi connectivity index (χ0) is 17.8. The highest BCUT2D eigenvalue weighted by molar-refractivity contribution is 5.79. The molecule has 0 bridgehead atoms. The Kier molecular flexibility index (Phi) is 6.18. The predicted molar refractivity (Wildman–Crippen MR) is 95.0 cm³/mol. The largest absolute Gasteiger partial charge is 0.467 e. The number of hydrogen-bond donors (Lipinski definition) is 1. The summed E-state index contributed by atoms with van der Waals surface area (Å²) in [5, 5.41) is 10.5. The first-order chi connectivity index (χ1) is 12.0. The van der Waals surface area contributed by atoms with Crippen LogP contribution in [-0.4, -0.2) is 40.7 Å². The highest BCUT2D eigenvalue weighted by Gasteiger charge is 2.36. The number of furan rings is 1. The number of nitrogens with zero attached hydrogens (tertiary/aromatic N) is 1. The van der Waals surface area contributed by atoms with Gasteiger partial charge in [0.25, 0.3) is 0 Å². The maximum atomic E-state index is 13.2. The topological polar surface area (TPSA) is 62.9 Å². The lowest BCUT2D eigenvalue weighted by Gasteiger charge is -2.38. The molecule has 0 saturated carbocycles. The third-order valence-corrected chi connectivity index (χ3v) is 5.57. The Morgan fingerprint density at radius 1 is 1.28 bits per heavy atom. The number of likely N-dealkylation sites (tertiary alicyclic amines) is 1. The normalized spacial score (nSPS) is 32.2. The van der Waals surface area contributed by atoms with Crippen LogP contribution in [-0.2, 0) is 9.53 Å². The Hall–Kier alpha value is -1.33. The summed E-state index contributed by atoms with van der Waals surface area (Å²) in [7, 11) is 0. The van der Waals surface area contributed by atoms with E-state index in [1.54, 1.807) is 18.4 Å². The first-order valence-electron chi connectivity index (χ1n) is 9.72. The van der Waals surface area contributed by atoms with E-state index >= 15 is 0 Å². The molecule has 1 aromatic rings. The summed E-state index contributed by atoms with van der Waals surface area (Å²) in [5.74, 6) is 0.880. The molecule has 25 heavy (non-hydrogen) atoms. The van der Waals surface area contributed by atoms with Crippen molar-refractivity contribution in [3.8, 4) is 0 Å². The van der Waals surface area contributed by atoms with Crippen LogP contribution in [0, 0.1) is 5.92 Å². The number of carbonyl (C=O) groups excluding carboxylic acids is 1. The lowest BCUT2D eigenvalue weighted by molar-refractivity contribution is -0.146. The van der Waals surface area contributed by atoms with Gasteiger partial charge in [0.2, 0.25) is 5.91 Å². The van der Waals surface area contributed by atoms with E-state index in [0.29, 0.717) is 12.2 Å². The van der Waals surface area contributed by atoms with Crippen LogP contribution in [0.25, 0.3) is 0 Å². The molecule has 2 saturated heterocycles. The molecule has 0 aliphatic carbocycles. The third kappa shape index (κ3) is 4.64. The summed E-state index contributed by atoms with van der Waals surface area (Å²) in [5.41, 5.74) is 0. The van der Waals surface area contributed by atoms with E-state index in [9.17, 15) is 9.90 Å². The molecule has 3 heterocycles. The van der Waals surface area contributed by atoms with Crippen LogP contribution in [0.3, 0.4) is 0 Å². The van der Waals surface area contributed by atoms with Gasteiger partial charge in [-0.1, -0.05) is 12.8 Å². The van der Waals surface area contributed by atoms with Gasteiger partial charge in [0.1, 0.15) is 11.9 Å². The maximum absolute atomic E-state index is 13.2. The van der Waals surface area contributed by atoms with Crippen molar-refractivity contribution in [2.24, 2.45) is 5.92 Å². The van der Waals surface area contributed by atoms with E-state index in [4.69, 9.17) is 9.15 Å². The fourth-order valence-corrected chi connectivity index (χ4v) is 4.41. The number of hydrogen-bond acceptors (Lipinski definition) is 4. The Bertz CT molecular complexity index is 534. The van der Waals surface area contributed by atoms with Gasteiger partial charge in [0.15, 0.2) is 0 Å². The molecule has 1 N–H and O–H groups in total. The Balaban J connectivity index is 1.70. The minimum Gasteiger partial charge on any atom is -0.467 e. The minimum absolute atomic E-state index is 0.0418. The number of aliphatic hydroxyl groups is 1. The van der Waals surface area contributed by atoms with Crippen molar-refractivity contribution in [2.75, 3.05) is 6.54 Å². The molecule has 2 fully saturated rings. The summed E-state index contributed by atoms with van der Waals surface area (Å²) < 4.78 is 11.1. The molecule has 1 amide bonds. The Morgan fingerprint density at radius 2 is 2.04 bits per heavy atom. The molecule has 0 radical (unpaired) electrons. The van der Waals surface area contributed by atoms with Crippen molar-refractivity contribution in [2.45, 2.75) is 83.1 Å². The van der Waals surface area contributed by atoms with Crippen LogP contribution in [0.5, 0.6) is 0 Å². The highest BCUT2D eigenvalue weighted by atomic mass is 16.5. The van der Waals surface area contributed by atoms with Gasteiger partial charge in [-0.3, -0.25) is 4.79 Å². The standard InChI is InChI=1S/C20H31NO4/c1-14-11-16(12-15(2)25-14)20(23)21-9-5-3-4-7-17(21)13-18(22)19-8-6-10-24-19/h6,8,10,14-18,22H,3-5,7,9,11-13H2,1-2H3. The molecule has 5 nitrogen and oxygen atoms in total. The van der Waals surface area contributed by atoms with Crippen LogP contribution < -0.4 is 0 Å². The van der Waals surface area contributed by atoms with Gasteiger partial charge in [-0.15, -0.1) is 0 Å². The molecule has 140 valence electrons. The van der Waals surface area contributed by atoms with Crippen molar-refractivity contribution in [3.63, 3.8) is 0 Å². The van der Waals surface area contributed by atoms with E-state index in [1.807, 2.05) is 0 Å². The van der Waals surface area contributed by atoms with Crippen molar-refractivity contribution in [1.82, 2.24) is 4.90 Å². The average Bonchev–Trinajstić information content (AvgIpc) is 3.01. The highest BCUT2D eigenvalue weighted by Crippen LogP contribution is 2.31. The molecule has 0 aromatic carbocycles. The number of amides is 1. The number of ether oxygens (including phenoxy) is 1. The zero-order valence-electron chi connectivity index (χ0n) is 15.4. The van der Waals surface area contributed by atoms with Gasteiger partial charge in [-0.25, -0.2) is 0 Å². The molecule has 2 aliphatic heterocycles. The molecule has 4 atom stereocenters. The molecular formula is C20H31NO4. The van der Waals surface area contributed by atoms with Crippen LogP contribution in [0.2, 0.25) is 0 Å². The van der Waals surface area contributed by atoms with E-state index < -0.39 is 6.10 Å². The SMILES string of the molecule is CC1CC(C(=O)N2CCCCCC2CC(O)c2ccco2)CC(C)O1. The second kappa shape index (κ2) is 8.37. The van der Waals surface area contributed by atoms with Gasteiger partial charge in [-0.05, 0) is 51.7 Å². The van der Waals surface area contributed by atoms with E-state index in [2.05, 4.69) is 18.7 Å². The van der Waals surface area contributed by atoms with Gasteiger partial charge in [0, 0.05) is 24.9 Å². The average molecular weight is 349 g/mol. The van der Waals surface area contributed by atoms with Crippen LogP contribution >= 0.6 is 0 Å². The van der Waals surface area contributed by atoms with Crippen molar-refractivity contribution in [1.29, 1.82) is 0 Å². The summed E-state index contributed by atoms with van der Waals surface area (Å²) in [6, 6.07) is 3.68. The smallest absolute Gasteiger partial charge is 0.226 e. The molecule has 4 unspecified atom stereocenters. The number of carbonyl (C=O) groups is 1. The number of rotatable bonds is 4. The lowest BCUT2D eigenvalue weighted by atomic mass is 9.90. The first kappa shape index (κ1) is 18.5. The summed E-state index contributed by atoms with van der Waals surface area (Å²) >= 11 is 0. The van der Waals surface area contributed by atoms with E-state index in [0.717, 1.165) is 45.1 Å². The molecule has 3 rings (SSSR count). The van der Waals surface area contributed by atoms with Gasteiger partial charge >= 0.3 is 0 Å². The molecule has 0 spiro atoms. The fraction of sp³-hybridized carbons (Fsp3) is 0.750. The predicted octanol–water partition coefficient (Wildman–Crippen LogP) is 3.68.